The summed E-state index contributed by atoms with van der Waals surface area (Å²) in [6, 6.07) is 4.49. The minimum Gasteiger partial charge on any atom is -0.454 e. The molecule has 0 N–H and O–H groups in total. The topological polar surface area (TPSA) is 26.3 Å². The van der Waals surface area contributed by atoms with Gasteiger partial charge in [0.1, 0.15) is 6.10 Å². The maximum atomic E-state index is 12.2. The maximum absolute atomic E-state index is 12.2. The summed E-state index contributed by atoms with van der Waals surface area (Å²) in [6.45, 7) is 6.47. The molecule has 1 aromatic rings. The van der Waals surface area contributed by atoms with Crippen molar-refractivity contribution in [2.45, 2.75) is 91.1 Å². The van der Waals surface area contributed by atoms with Gasteiger partial charge < -0.3 is 4.74 Å². The summed E-state index contributed by atoms with van der Waals surface area (Å²) >= 11 is 0. The number of ether oxygens (including phenoxy) is 1. The van der Waals surface area contributed by atoms with E-state index in [0.717, 1.165) is 24.0 Å². The molecule has 1 aliphatic heterocycles. The van der Waals surface area contributed by atoms with Crippen molar-refractivity contribution in [2.24, 2.45) is 0 Å². The van der Waals surface area contributed by atoms with Crippen LogP contribution in [0.15, 0.2) is 12.1 Å². The fourth-order valence-electron chi connectivity index (χ4n) is 3.49. The number of aryl methyl sites for hydroxylation is 2. The van der Waals surface area contributed by atoms with Crippen LogP contribution in [0.1, 0.15) is 105 Å². The summed E-state index contributed by atoms with van der Waals surface area (Å²) in [5.74, 6) is -0.115. The van der Waals surface area contributed by atoms with Crippen molar-refractivity contribution < 1.29 is 9.53 Å². The fourth-order valence-corrected chi connectivity index (χ4v) is 3.49. The van der Waals surface area contributed by atoms with Crippen molar-refractivity contribution in [3.63, 3.8) is 0 Å². The Morgan fingerprint density at radius 1 is 0.913 bits per heavy atom. The first-order valence-corrected chi connectivity index (χ1v) is 9.54. The predicted octanol–water partition coefficient (Wildman–Crippen LogP) is 6.16. The zero-order valence-electron chi connectivity index (χ0n) is 15.1. The zero-order chi connectivity index (χ0) is 16.7. The van der Waals surface area contributed by atoms with Gasteiger partial charge in [0.2, 0.25) is 0 Å². The molecule has 23 heavy (non-hydrogen) atoms. The van der Waals surface area contributed by atoms with Crippen LogP contribution in [0.5, 0.6) is 0 Å². The highest BCUT2D eigenvalue weighted by Gasteiger charge is 2.30. The Morgan fingerprint density at radius 2 is 1.57 bits per heavy atom. The molecule has 128 valence electrons. The molecule has 0 aliphatic carbocycles. The molecule has 2 nitrogen and oxygen atoms in total. The SMILES string of the molecule is CCCCCCc1cc(CCCCCC)c2c(c1)C(C)OC2=O. The molecule has 0 aromatic heterocycles. The summed E-state index contributed by atoms with van der Waals surface area (Å²) in [5.41, 5.74) is 4.59. The predicted molar refractivity (Wildman–Crippen MR) is 96.0 cm³/mol. The molecule has 1 aliphatic rings. The number of hydrogen-bond donors (Lipinski definition) is 0. The second kappa shape index (κ2) is 9.10. The average Bonchev–Trinajstić information content (AvgIpc) is 2.83. The Kier molecular flexibility index (Phi) is 7.14. The molecule has 0 radical (unpaired) electrons. The third kappa shape index (κ3) is 4.83. The molecule has 2 rings (SSSR count). The molecular formula is C21H32O2. The summed E-state index contributed by atoms with van der Waals surface area (Å²) in [4.78, 5) is 12.2. The van der Waals surface area contributed by atoms with Crippen molar-refractivity contribution in [1.82, 2.24) is 0 Å². The van der Waals surface area contributed by atoms with Gasteiger partial charge in [0.25, 0.3) is 0 Å². The number of carbonyl (C=O) groups excluding carboxylic acids is 1. The second-order valence-electron chi connectivity index (χ2n) is 6.89. The number of rotatable bonds is 10. The Morgan fingerprint density at radius 3 is 2.22 bits per heavy atom. The molecule has 0 fully saturated rings. The number of benzene rings is 1. The van der Waals surface area contributed by atoms with Crippen LogP contribution in [-0.2, 0) is 17.6 Å². The fraction of sp³-hybridized carbons (Fsp3) is 0.667. The van der Waals surface area contributed by atoms with Crippen LogP contribution in [0.4, 0.5) is 0 Å². The minimum absolute atomic E-state index is 0.0810. The Bertz CT molecular complexity index is 519. The lowest BCUT2D eigenvalue weighted by atomic mass is 9.91. The first kappa shape index (κ1) is 18.0. The van der Waals surface area contributed by atoms with Gasteiger partial charge in [-0.05, 0) is 43.7 Å². The van der Waals surface area contributed by atoms with Crippen LogP contribution in [-0.4, -0.2) is 5.97 Å². The van der Waals surface area contributed by atoms with E-state index in [1.807, 2.05) is 6.92 Å². The quantitative estimate of drug-likeness (QED) is 0.381. The molecular weight excluding hydrogens is 284 g/mol. The van der Waals surface area contributed by atoms with Gasteiger partial charge in [-0.2, -0.15) is 0 Å². The van der Waals surface area contributed by atoms with Gasteiger partial charge in [-0.25, -0.2) is 4.79 Å². The average molecular weight is 316 g/mol. The lowest BCUT2D eigenvalue weighted by molar-refractivity contribution is 0.0421. The van der Waals surface area contributed by atoms with Crippen molar-refractivity contribution in [3.05, 3.63) is 34.4 Å². The van der Waals surface area contributed by atoms with Gasteiger partial charge in [-0.1, -0.05) is 64.5 Å². The van der Waals surface area contributed by atoms with E-state index in [9.17, 15) is 4.79 Å². The summed E-state index contributed by atoms with van der Waals surface area (Å²) in [6.07, 6.45) is 12.1. The van der Waals surface area contributed by atoms with Gasteiger partial charge in [0.05, 0.1) is 5.56 Å². The summed E-state index contributed by atoms with van der Waals surface area (Å²) in [7, 11) is 0. The van der Waals surface area contributed by atoms with Crippen molar-refractivity contribution >= 4 is 5.97 Å². The smallest absolute Gasteiger partial charge is 0.339 e. The molecule has 0 spiro atoms. The Balaban J connectivity index is 2.12. The highest BCUT2D eigenvalue weighted by Crippen LogP contribution is 2.34. The van der Waals surface area contributed by atoms with E-state index >= 15 is 0 Å². The van der Waals surface area contributed by atoms with Crippen LogP contribution in [0.25, 0.3) is 0 Å². The molecule has 1 aromatic carbocycles. The van der Waals surface area contributed by atoms with Crippen LogP contribution in [0, 0.1) is 0 Å². The maximum Gasteiger partial charge on any atom is 0.339 e. The minimum atomic E-state index is -0.115. The molecule has 0 bridgehead atoms. The van der Waals surface area contributed by atoms with Crippen molar-refractivity contribution in [1.29, 1.82) is 0 Å². The molecule has 2 heteroatoms. The standard InChI is InChI=1S/C21H32O2/c1-4-6-8-10-12-17-14-18(13-11-9-7-5-2)20-19(15-17)16(3)23-21(20)22/h14-16H,4-13H2,1-3H3. The van der Waals surface area contributed by atoms with E-state index in [0.29, 0.717) is 0 Å². The lowest BCUT2D eigenvalue weighted by Crippen LogP contribution is -2.02. The van der Waals surface area contributed by atoms with E-state index in [1.165, 1.54) is 62.5 Å². The highest BCUT2D eigenvalue weighted by atomic mass is 16.5. The van der Waals surface area contributed by atoms with Crippen LogP contribution in [0.3, 0.4) is 0 Å². The first-order valence-electron chi connectivity index (χ1n) is 9.54. The third-order valence-corrected chi connectivity index (χ3v) is 4.85. The van der Waals surface area contributed by atoms with Crippen LogP contribution in [0.2, 0.25) is 0 Å². The normalized spacial score (nSPS) is 16.5. The number of esters is 1. The number of fused-ring (bicyclic) bond motifs is 1. The van der Waals surface area contributed by atoms with Gasteiger partial charge >= 0.3 is 5.97 Å². The van der Waals surface area contributed by atoms with E-state index in [2.05, 4.69) is 26.0 Å². The highest BCUT2D eigenvalue weighted by molar-refractivity contribution is 5.95. The number of hydrogen-bond acceptors (Lipinski definition) is 2. The van der Waals surface area contributed by atoms with E-state index in [1.54, 1.807) is 0 Å². The largest absolute Gasteiger partial charge is 0.454 e. The Labute approximate surface area is 141 Å². The molecule has 1 heterocycles. The van der Waals surface area contributed by atoms with Gasteiger partial charge in [-0.15, -0.1) is 0 Å². The summed E-state index contributed by atoms with van der Waals surface area (Å²) in [5, 5.41) is 0. The third-order valence-electron chi connectivity index (χ3n) is 4.85. The van der Waals surface area contributed by atoms with Crippen molar-refractivity contribution in [2.75, 3.05) is 0 Å². The van der Waals surface area contributed by atoms with Crippen molar-refractivity contribution in [3.8, 4) is 0 Å². The van der Waals surface area contributed by atoms with Gasteiger partial charge in [0.15, 0.2) is 0 Å². The monoisotopic (exact) mass is 316 g/mol. The van der Waals surface area contributed by atoms with Gasteiger partial charge in [0, 0.05) is 5.56 Å². The van der Waals surface area contributed by atoms with E-state index in [-0.39, 0.29) is 12.1 Å². The molecule has 1 atom stereocenters. The number of cyclic esters (lactones) is 1. The zero-order valence-corrected chi connectivity index (χ0v) is 15.1. The molecule has 0 saturated heterocycles. The molecule has 0 amide bonds. The van der Waals surface area contributed by atoms with Gasteiger partial charge in [-0.3, -0.25) is 0 Å². The van der Waals surface area contributed by atoms with E-state index in [4.69, 9.17) is 4.74 Å². The van der Waals surface area contributed by atoms with E-state index < -0.39 is 0 Å². The molecule has 0 saturated carbocycles. The molecule has 1 unspecified atom stereocenters. The first-order chi connectivity index (χ1) is 11.2. The summed E-state index contributed by atoms with van der Waals surface area (Å²) < 4.78 is 5.46. The lowest BCUT2D eigenvalue weighted by Gasteiger charge is -2.11. The number of unbranched alkanes of at least 4 members (excludes halogenated alkanes) is 6. The van der Waals surface area contributed by atoms with Crippen LogP contribution >= 0.6 is 0 Å². The number of carbonyl (C=O) groups is 1. The van der Waals surface area contributed by atoms with Crippen LogP contribution < -0.4 is 0 Å². The Hall–Kier alpha value is -1.31. The second-order valence-corrected chi connectivity index (χ2v) is 6.89.